The van der Waals surface area contributed by atoms with Crippen molar-refractivity contribution in [3.05, 3.63) is 71.8 Å². The summed E-state index contributed by atoms with van der Waals surface area (Å²) in [5.41, 5.74) is 9.10. The molecule has 0 saturated carbocycles. The molecule has 0 saturated heterocycles. The zero-order valence-corrected chi connectivity index (χ0v) is 14.8. The summed E-state index contributed by atoms with van der Waals surface area (Å²) in [6.07, 6.45) is 0. The minimum absolute atomic E-state index is 0.0145. The summed E-state index contributed by atoms with van der Waals surface area (Å²) >= 11 is 0. The van der Waals surface area contributed by atoms with E-state index in [4.69, 9.17) is 10.7 Å². The average Bonchev–Trinajstić information content (AvgIpc) is 2.98. The van der Waals surface area contributed by atoms with Crippen molar-refractivity contribution in [1.29, 1.82) is 0 Å². The van der Waals surface area contributed by atoms with Crippen LogP contribution in [0.4, 0.5) is 0 Å². The normalized spacial score (nSPS) is 19.2. The molecule has 3 nitrogen and oxygen atoms in total. The first-order valence-electron chi connectivity index (χ1n) is 8.62. The maximum absolute atomic E-state index is 6.57. The fourth-order valence-electron chi connectivity index (χ4n) is 3.05. The van der Waals surface area contributed by atoms with Crippen LogP contribution in [0.3, 0.4) is 0 Å². The topological polar surface area (TPSA) is 41.6 Å². The maximum Gasteiger partial charge on any atom is 0.118 e. The van der Waals surface area contributed by atoms with Crippen LogP contribution in [0.1, 0.15) is 37.9 Å². The SMILES string of the molecule is CC(C)(C)[C@@H](N)C1=NC(c2ccccc2)CN1Cc1ccccc1. The van der Waals surface area contributed by atoms with E-state index in [9.17, 15) is 0 Å². The molecule has 126 valence electrons. The van der Waals surface area contributed by atoms with Crippen LogP contribution >= 0.6 is 0 Å². The van der Waals surface area contributed by atoms with Crippen LogP contribution in [0.15, 0.2) is 65.7 Å². The van der Waals surface area contributed by atoms with Gasteiger partial charge in [0.25, 0.3) is 0 Å². The van der Waals surface area contributed by atoms with Gasteiger partial charge in [-0.3, -0.25) is 4.99 Å². The number of nitrogens with zero attached hydrogens (tertiary/aromatic N) is 2. The Morgan fingerprint density at radius 1 is 1.04 bits per heavy atom. The number of rotatable bonds is 4. The molecule has 0 aliphatic carbocycles. The molecular formula is C21H27N3. The van der Waals surface area contributed by atoms with Gasteiger partial charge in [-0.1, -0.05) is 81.4 Å². The molecule has 0 bridgehead atoms. The summed E-state index contributed by atoms with van der Waals surface area (Å²) in [5, 5.41) is 0. The van der Waals surface area contributed by atoms with Crippen LogP contribution in [0, 0.1) is 5.41 Å². The van der Waals surface area contributed by atoms with Crippen LogP contribution in [0.25, 0.3) is 0 Å². The van der Waals surface area contributed by atoms with E-state index in [-0.39, 0.29) is 17.5 Å². The van der Waals surface area contributed by atoms with Gasteiger partial charge in [-0.25, -0.2) is 0 Å². The molecule has 2 atom stereocenters. The third-order valence-corrected chi connectivity index (χ3v) is 4.62. The van der Waals surface area contributed by atoms with Crippen molar-refractivity contribution in [2.24, 2.45) is 16.1 Å². The van der Waals surface area contributed by atoms with E-state index in [0.717, 1.165) is 18.9 Å². The molecule has 0 fully saturated rings. The third-order valence-electron chi connectivity index (χ3n) is 4.62. The minimum atomic E-state index is -0.0741. The standard InChI is InChI=1S/C21H27N3/c1-21(2,3)19(22)20-23-18(17-12-8-5-9-13-17)15-24(20)14-16-10-6-4-7-11-16/h4-13,18-19H,14-15,22H2,1-3H3/t18?,19-/m0/s1. The van der Waals surface area contributed by atoms with E-state index < -0.39 is 0 Å². The van der Waals surface area contributed by atoms with Gasteiger partial charge < -0.3 is 10.6 Å². The van der Waals surface area contributed by atoms with Crippen LogP contribution in [0.2, 0.25) is 0 Å². The Balaban J connectivity index is 1.88. The van der Waals surface area contributed by atoms with Crippen LogP contribution < -0.4 is 5.73 Å². The van der Waals surface area contributed by atoms with E-state index in [0.29, 0.717) is 0 Å². The lowest BCUT2D eigenvalue weighted by Crippen LogP contribution is -2.48. The lowest BCUT2D eigenvalue weighted by atomic mass is 9.86. The molecule has 2 aromatic carbocycles. The van der Waals surface area contributed by atoms with Gasteiger partial charge in [0.2, 0.25) is 0 Å². The Hall–Kier alpha value is -2.13. The molecule has 0 amide bonds. The van der Waals surface area contributed by atoms with Gasteiger partial charge in [0.05, 0.1) is 12.1 Å². The molecular weight excluding hydrogens is 294 g/mol. The zero-order valence-electron chi connectivity index (χ0n) is 14.8. The molecule has 1 heterocycles. The van der Waals surface area contributed by atoms with E-state index >= 15 is 0 Å². The van der Waals surface area contributed by atoms with Crippen molar-refractivity contribution in [3.8, 4) is 0 Å². The van der Waals surface area contributed by atoms with Gasteiger partial charge in [-0.15, -0.1) is 0 Å². The molecule has 3 rings (SSSR count). The lowest BCUT2D eigenvalue weighted by molar-refractivity contribution is 0.341. The van der Waals surface area contributed by atoms with Crippen LogP contribution in [-0.4, -0.2) is 23.3 Å². The van der Waals surface area contributed by atoms with Crippen molar-refractivity contribution in [3.63, 3.8) is 0 Å². The summed E-state index contributed by atoms with van der Waals surface area (Å²) in [5.74, 6) is 1.03. The second-order valence-electron chi connectivity index (χ2n) is 7.62. The zero-order chi connectivity index (χ0) is 17.2. The summed E-state index contributed by atoms with van der Waals surface area (Å²) < 4.78 is 0. The molecule has 24 heavy (non-hydrogen) atoms. The second kappa shape index (κ2) is 6.78. The summed E-state index contributed by atoms with van der Waals surface area (Å²) in [6.45, 7) is 8.27. The van der Waals surface area contributed by atoms with Gasteiger partial charge >= 0.3 is 0 Å². The highest BCUT2D eigenvalue weighted by molar-refractivity contribution is 5.89. The van der Waals surface area contributed by atoms with Crippen molar-refractivity contribution in [2.45, 2.75) is 39.4 Å². The first kappa shape index (κ1) is 16.7. The maximum atomic E-state index is 6.57. The Kier molecular flexibility index (Phi) is 4.72. The van der Waals surface area contributed by atoms with Crippen LogP contribution in [0.5, 0.6) is 0 Å². The van der Waals surface area contributed by atoms with Gasteiger partial charge in [0.15, 0.2) is 0 Å². The molecule has 0 spiro atoms. The molecule has 0 radical (unpaired) electrons. The fourth-order valence-corrected chi connectivity index (χ4v) is 3.05. The highest BCUT2D eigenvalue weighted by atomic mass is 15.3. The Morgan fingerprint density at radius 2 is 1.62 bits per heavy atom. The smallest absolute Gasteiger partial charge is 0.118 e. The number of nitrogens with two attached hydrogens (primary N) is 1. The van der Waals surface area contributed by atoms with Crippen molar-refractivity contribution in [1.82, 2.24) is 4.90 Å². The third kappa shape index (κ3) is 3.68. The molecule has 0 aromatic heterocycles. The molecule has 1 aliphatic heterocycles. The first-order chi connectivity index (χ1) is 11.4. The highest BCUT2D eigenvalue weighted by Crippen LogP contribution is 2.30. The first-order valence-corrected chi connectivity index (χ1v) is 8.62. The number of hydrogen-bond donors (Lipinski definition) is 1. The van der Waals surface area contributed by atoms with Crippen molar-refractivity contribution in [2.75, 3.05) is 6.54 Å². The largest absolute Gasteiger partial charge is 0.352 e. The van der Waals surface area contributed by atoms with Gasteiger partial charge in [0.1, 0.15) is 5.84 Å². The molecule has 3 heteroatoms. The molecule has 1 unspecified atom stereocenters. The van der Waals surface area contributed by atoms with E-state index in [1.807, 2.05) is 6.07 Å². The number of amidine groups is 1. The van der Waals surface area contributed by atoms with Gasteiger partial charge in [-0.2, -0.15) is 0 Å². The van der Waals surface area contributed by atoms with E-state index in [1.54, 1.807) is 0 Å². The van der Waals surface area contributed by atoms with E-state index in [1.165, 1.54) is 11.1 Å². The number of hydrogen-bond acceptors (Lipinski definition) is 3. The van der Waals surface area contributed by atoms with Crippen LogP contribution in [-0.2, 0) is 6.54 Å². The quantitative estimate of drug-likeness (QED) is 0.924. The molecule has 1 aliphatic rings. The Labute approximate surface area is 145 Å². The second-order valence-corrected chi connectivity index (χ2v) is 7.62. The van der Waals surface area contributed by atoms with Crippen molar-refractivity contribution >= 4 is 5.84 Å². The predicted octanol–water partition coefficient (Wildman–Crippen LogP) is 4.02. The Bertz CT molecular complexity index is 686. The molecule has 2 aromatic rings. The number of aliphatic imine (C=N–C) groups is 1. The average molecular weight is 321 g/mol. The summed E-state index contributed by atoms with van der Waals surface area (Å²) in [6, 6.07) is 21.1. The van der Waals surface area contributed by atoms with Crippen molar-refractivity contribution < 1.29 is 0 Å². The fraction of sp³-hybridized carbons (Fsp3) is 0.381. The van der Waals surface area contributed by atoms with Gasteiger partial charge in [-0.05, 0) is 16.5 Å². The Morgan fingerprint density at radius 3 is 2.21 bits per heavy atom. The summed E-state index contributed by atoms with van der Waals surface area (Å²) in [7, 11) is 0. The monoisotopic (exact) mass is 321 g/mol. The highest BCUT2D eigenvalue weighted by Gasteiger charge is 2.35. The molecule has 2 N–H and O–H groups in total. The minimum Gasteiger partial charge on any atom is -0.352 e. The van der Waals surface area contributed by atoms with Gasteiger partial charge in [0, 0.05) is 13.1 Å². The van der Waals surface area contributed by atoms with E-state index in [2.05, 4.69) is 80.3 Å². The predicted molar refractivity (Wildman–Crippen MR) is 101 cm³/mol. The number of benzene rings is 2. The summed E-state index contributed by atoms with van der Waals surface area (Å²) in [4.78, 5) is 7.37. The lowest BCUT2D eigenvalue weighted by Gasteiger charge is -2.32.